The number of carbonyl (C=O) groups excluding carboxylic acids is 3. The Bertz CT molecular complexity index is 1200. The van der Waals surface area contributed by atoms with Gasteiger partial charge in [0.15, 0.2) is 0 Å². The molecule has 0 bridgehead atoms. The summed E-state index contributed by atoms with van der Waals surface area (Å²) in [6.45, 7) is 6.15. The highest BCUT2D eigenvalue weighted by Gasteiger charge is 2.26. The van der Waals surface area contributed by atoms with E-state index in [0.717, 1.165) is 18.5 Å². The first-order valence-electron chi connectivity index (χ1n) is 11.0. The Labute approximate surface area is 191 Å². The number of benzene rings is 1. The van der Waals surface area contributed by atoms with Crippen molar-refractivity contribution >= 4 is 35.2 Å². The predicted octanol–water partition coefficient (Wildman–Crippen LogP) is 2.53. The second kappa shape index (κ2) is 9.20. The van der Waals surface area contributed by atoms with Crippen LogP contribution < -0.4 is 16.0 Å². The van der Waals surface area contributed by atoms with Crippen molar-refractivity contribution in [3.63, 3.8) is 0 Å². The van der Waals surface area contributed by atoms with Gasteiger partial charge >= 0.3 is 6.03 Å². The molecule has 0 unspecified atom stereocenters. The third-order valence-corrected chi connectivity index (χ3v) is 5.98. The number of H-pyrrole nitrogens is 1. The summed E-state index contributed by atoms with van der Waals surface area (Å²) in [6, 6.07) is 7.09. The number of aryl methyl sites for hydroxylation is 1. The molecule has 4 rings (SSSR count). The molecule has 4 N–H and O–H groups in total. The zero-order chi connectivity index (χ0) is 23.5. The van der Waals surface area contributed by atoms with Gasteiger partial charge in [-0.3, -0.25) is 9.59 Å². The number of nitrogens with one attached hydrogen (secondary N) is 4. The van der Waals surface area contributed by atoms with Gasteiger partial charge in [0.05, 0.1) is 22.8 Å². The van der Waals surface area contributed by atoms with Crippen LogP contribution in [0.4, 0.5) is 10.5 Å². The Morgan fingerprint density at radius 2 is 2.12 bits per heavy atom. The number of anilines is 1. The maximum atomic E-state index is 12.8. The van der Waals surface area contributed by atoms with E-state index in [-0.39, 0.29) is 17.8 Å². The lowest BCUT2D eigenvalue weighted by atomic mass is 10.0. The Hall–Kier alpha value is -4.06. The summed E-state index contributed by atoms with van der Waals surface area (Å²) in [4.78, 5) is 42.1. The molecule has 1 aromatic carbocycles. The molecule has 9 nitrogen and oxygen atoms in total. The van der Waals surface area contributed by atoms with Crippen molar-refractivity contribution in [1.29, 1.82) is 5.26 Å². The molecular weight excluding hydrogens is 420 g/mol. The minimum Gasteiger partial charge on any atom is -0.358 e. The molecule has 1 fully saturated rings. The summed E-state index contributed by atoms with van der Waals surface area (Å²) < 4.78 is 0. The molecule has 1 saturated heterocycles. The molecule has 0 spiro atoms. The van der Waals surface area contributed by atoms with E-state index in [4.69, 9.17) is 0 Å². The third-order valence-electron chi connectivity index (χ3n) is 5.98. The van der Waals surface area contributed by atoms with Gasteiger partial charge in [-0.25, -0.2) is 4.79 Å². The second-order valence-electron chi connectivity index (χ2n) is 8.23. The highest BCUT2D eigenvalue weighted by Crippen LogP contribution is 2.34. The maximum absolute atomic E-state index is 12.8. The van der Waals surface area contributed by atoms with Crippen LogP contribution in [-0.2, 0) is 4.79 Å². The van der Waals surface area contributed by atoms with E-state index < -0.39 is 0 Å². The average molecular weight is 447 g/mol. The molecule has 33 heavy (non-hydrogen) atoms. The van der Waals surface area contributed by atoms with Gasteiger partial charge in [-0.2, -0.15) is 5.26 Å². The van der Waals surface area contributed by atoms with E-state index in [1.165, 1.54) is 0 Å². The fourth-order valence-corrected chi connectivity index (χ4v) is 4.26. The maximum Gasteiger partial charge on any atom is 0.317 e. The molecule has 0 radical (unpaired) electrons. The molecular formula is C24H26N6O3. The standard InChI is InChI=1S/C24H26N6O3/c1-14-20(12-18-17-11-16(13-25)5-6-19(17)29-22(18)31)28-15(2)21(14)23(32)26-7-3-9-30-10-4-8-27-24(30)33/h5-6,11-12,28H,3-4,7-10H2,1-2H3,(H,26,32)(H,27,33)(H,29,31). The number of nitrogens with zero attached hydrogens (tertiary/aromatic N) is 2. The lowest BCUT2D eigenvalue weighted by Gasteiger charge is -2.27. The molecule has 170 valence electrons. The van der Waals surface area contributed by atoms with Gasteiger partial charge in [-0.1, -0.05) is 0 Å². The summed E-state index contributed by atoms with van der Waals surface area (Å²) in [6.07, 6.45) is 3.31. The SMILES string of the molecule is Cc1[nH]c(C=C2C(=O)Nc3ccc(C#N)cc32)c(C)c1C(=O)NCCCN1CCCNC1=O. The van der Waals surface area contributed by atoms with Crippen LogP contribution >= 0.6 is 0 Å². The highest BCUT2D eigenvalue weighted by atomic mass is 16.2. The van der Waals surface area contributed by atoms with Crippen LogP contribution in [-0.4, -0.2) is 53.9 Å². The Balaban J connectivity index is 1.46. The smallest absolute Gasteiger partial charge is 0.317 e. The second-order valence-corrected chi connectivity index (χ2v) is 8.23. The van der Waals surface area contributed by atoms with Crippen molar-refractivity contribution in [3.8, 4) is 6.07 Å². The van der Waals surface area contributed by atoms with Gasteiger partial charge in [0.25, 0.3) is 11.8 Å². The van der Waals surface area contributed by atoms with Crippen molar-refractivity contribution in [1.82, 2.24) is 20.5 Å². The van der Waals surface area contributed by atoms with E-state index in [1.54, 1.807) is 29.2 Å². The van der Waals surface area contributed by atoms with Gasteiger partial charge in [0.2, 0.25) is 0 Å². The summed E-state index contributed by atoms with van der Waals surface area (Å²) in [5.41, 5.74) is 4.90. The van der Waals surface area contributed by atoms with Gasteiger partial charge in [-0.05, 0) is 56.5 Å². The quantitative estimate of drug-likeness (QED) is 0.401. The van der Waals surface area contributed by atoms with E-state index in [1.807, 2.05) is 13.8 Å². The lowest BCUT2D eigenvalue weighted by Crippen LogP contribution is -2.47. The summed E-state index contributed by atoms with van der Waals surface area (Å²) in [7, 11) is 0. The fourth-order valence-electron chi connectivity index (χ4n) is 4.26. The van der Waals surface area contributed by atoms with Gasteiger partial charge in [-0.15, -0.1) is 0 Å². The number of nitriles is 1. The number of aromatic nitrogens is 1. The average Bonchev–Trinajstić information content (AvgIpc) is 3.26. The van der Waals surface area contributed by atoms with E-state index >= 15 is 0 Å². The first-order valence-corrected chi connectivity index (χ1v) is 11.0. The number of hydrogen-bond acceptors (Lipinski definition) is 4. The van der Waals surface area contributed by atoms with Crippen molar-refractivity contribution in [2.45, 2.75) is 26.7 Å². The number of urea groups is 1. The van der Waals surface area contributed by atoms with Crippen LogP contribution in [0, 0.1) is 25.2 Å². The van der Waals surface area contributed by atoms with Crippen LogP contribution in [0.1, 0.15) is 51.3 Å². The number of carbonyl (C=O) groups is 3. The van der Waals surface area contributed by atoms with Crippen LogP contribution in [0.5, 0.6) is 0 Å². The van der Waals surface area contributed by atoms with Crippen LogP contribution in [0.15, 0.2) is 18.2 Å². The lowest BCUT2D eigenvalue weighted by molar-refractivity contribution is -0.110. The number of aromatic amines is 1. The van der Waals surface area contributed by atoms with Crippen molar-refractivity contribution in [2.75, 3.05) is 31.5 Å². The van der Waals surface area contributed by atoms with E-state index in [0.29, 0.717) is 65.4 Å². The molecule has 0 saturated carbocycles. The van der Waals surface area contributed by atoms with Gasteiger partial charge < -0.3 is 25.8 Å². The van der Waals surface area contributed by atoms with E-state index in [2.05, 4.69) is 27.0 Å². The monoisotopic (exact) mass is 446 g/mol. The van der Waals surface area contributed by atoms with Crippen LogP contribution in [0.3, 0.4) is 0 Å². The van der Waals surface area contributed by atoms with Gasteiger partial charge in [0.1, 0.15) is 0 Å². The number of amides is 4. The Kier molecular flexibility index (Phi) is 6.18. The predicted molar refractivity (Wildman–Crippen MR) is 124 cm³/mol. The van der Waals surface area contributed by atoms with Gasteiger partial charge in [0, 0.05) is 48.8 Å². The Morgan fingerprint density at radius 1 is 1.30 bits per heavy atom. The molecule has 0 aliphatic carbocycles. The van der Waals surface area contributed by atoms with Crippen LogP contribution in [0.2, 0.25) is 0 Å². The number of hydrogen-bond donors (Lipinski definition) is 4. The molecule has 2 aliphatic heterocycles. The Morgan fingerprint density at radius 3 is 2.88 bits per heavy atom. The molecule has 4 amide bonds. The largest absolute Gasteiger partial charge is 0.358 e. The first kappa shape index (κ1) is 22.1. The van der Waals surface area contributed by atoms with E-state index in [9.17, 15) is 19.6 Å². The molecule has 1 aromatic heterocycles. The van der Waals surface area contributed by atoms with Crippen molar-refractivity contribution in [2.24, 2.45) is 0 Å². The molecule has 9 heteroatoms. The zero-order valence-corrected chi connectivity index (χ0v) is 18.7. The molecule has 2 aromatic rings. The summed E-state index contributed by atoms with van der Waals surface area (Å²) in [5.74, 6) is -0.448. The first-order chi connectivity index (χ1) is 15.9. The minimum absolute atomic E-state index is 0.0537. The molecule has 3 heterocycles. The zero-order valence-electron chi connectivity index (χ0n) is 18.7. The molecule has 0 atom stereocenters. The van der Waals surface area contributed by atoms with Crippen LogP contribution in [0.25, 0.3) is 11.6 Å². The highest BCUT2D eigenvalue weighted by molar-refractivity contribution is 6.35. The normalized spacial score (nSPS) is 16.3. The minimum atomic E-state index is -0.250. The molecule has 2 aliphatic rings. The van der Waals surface area contributed by atoms with Crippen molar-refractivity contribution < 1.29 is 14.4 Å². The topological polar surface area (TPSA) is 130 Å². The fraction of sp³-hybridized carbons (Fsp3) is 0.333. The third kappa shape index (κ3) is 4.46. The summed E-state index contributed by atoms with van der Waals surface area (Å²) >= 11 is 0. The number of fused-ring (bicyclic) bond motifs is 1. The summed E-state index contributed by atoms with van der Waals surface area (Å²) in [5, 5.41) is 17.7. The number of rotatable bonds is 6. The van der Waals surface area contributed by atoms with Crippen molar-refractivity contribution in [3.05, 3.63) is 51.8 Å².